The normalized spacial score (nSPS) is 17.7. The van der Waals surface area contributed by atoms with Crippen LogP contribution >= 0.6 is 0 Å². The van der Waals surface area contributed by atoms with Crippen LogP contribution in [0.25, 0.3) is 0 Å². The number of urea groups is 1. The molecule has 1 aromatic heterocycles. The first kappa shape index (κ1) is 39.0. The lowest BCUT2D eigenvalue weighted by Gasteiger charge is -2.35. The fraction of sp³-hybridized carbons (Fsp3) is 0.513. The number of pyridine rings is 1. The van der Waals surface area contributed by atoms with Crippen LogP contribution in [-0.4, -0.2) is 88.9 Å². The Morgan fingerprint density at radius 3 is 2.40 bits per heavy atom. The van der Waals surface area contributed by atoms with Crippen molar-refractivity contribution in [1.29, 1.82) is 0 Å². The summed E-state index contributed by atoms with van der Waals surface area (Å²) >= 11 is 0. The summed E-state index contributed by atoms with van der Waals surface area (Å²) in [5, 5.41) is 17.9. The minimum absolute atomic E-state index is 0.0609. The topological polar surface area (TPSA) is 153 Å². The van der Waals surface area contributed by atoms with Crippen molar-refractivity contribution in [2.24, 2.45) is 17.0 Å². The largest absolute Gasteiger partial charge is 0.390 e. The number of hydrogen-bond donors (Lipinski definition) is 2. The monoisotopic (exact) mass is 732 g/mol. The van der Waals surface area contributed by atoms with Gasteiger partial charge in [-0.15, -0.1) is 0 Å². The van der Waals surface area contributed by atoms with Crippen molar-refractivity contribution >= 4 is 22.0 Å². The maximum absolute atomic E-state index is 14.4. The molecular weight excluding hydrogens is 681 g/mol. The molecule has 0 unspecified atom stereocenters. The minimum Gasteiger partial charge on any atom is -0.390 e. The molecule has 2 fully saturated rings. The van der Waals surface area contributed by atoms with Crippen molar-refractivity contribution in [3.63, 3.8) is 0 Å². The van der Waals surface area contributed by atoms with Gasteiger partial charge in [0.15, 0.2) is 0 Å². The van der Waals surface area contributed by atoms with Crippen LogP contribution in [0.15, 0.2) is 83.0 Å². The number of nitrogens with one attached hydrogen (secondary N) is 1. The van der Waals surface area contributed by atoms with Crippen molar-refractivity contribution in [3.05, 3.63) is 100 Å². The van der Waals surface area contributed by atoms with Gasteiger partial charge in [-0.05, 0) is 72.9 Å². The van der Waals surface area contributed by atoms with Gasteiger partial charge in [0.25, 0.3) is 0 Å². The molecule has 2 N–H and O–H groups in total. The van der Waals surface area contributed by atoms with Crippen molar-refractivity contribution in [2.45, 2.75) is 95.5 Å². The average molecular weight is 733 g/mol. The van der Waals surface area contributed by atoms with Gasteiger partial charge in [-0.1, -0.05) is 86.8 Å². The summed E-state index contributed by atoms with van der Waals surface area (Å²) in [5.74, 6) is -0.418. The molecule has 2 aliphatic rings. The molecule has 4 atom stereocenters. The fourth-order valence-electron chi connectivity index (χ4n) is 7.32. The Bertz CT molecular complexity index is 1750. The van der Waals surface area contributed by atoms with E-state index in [0.717, 1.165) is 42.5 Å². The highest BCUT2D eigenvalue weighted by Gasteiger charge is 2.41. The van der Waals surface area contributed by atoms with Gasteiger partial charge in [0.2, 0.25) is 15.9 Å². The highest BCUT2D eigenvalue weighted by atomic mass is 32.2. The van der Waals surface area contributed by atoms with Gasteiger partial charge in [0, 0.05) is 44.6 Å². The third kappa shape index (κ3) is 9.61. The number of nitrogens with zero attached hydrogens (tertiary/aromatic N) is 5. The van der Waals surface area contributed by atoms with E-state index in [0.29, 0.717) is 31.6 Å². The molecule has 3 amide bonds. The number of amides is 3. The fourth-order valence-corrected chi connectivity index (χ4v) is 8.86. The second kappa shape index (κ2) is 18.0. The molecule has 2 heterocycles. The first-order chi connectivity index (χ1) is 25.0. The number of aliphatic hydroxyl groups excluding tert-OH is 1. The van der Waals surface area contributed by atoms with E-state index in [1.165, 1.54) is 16.4 Å². The molecule has 0 spiro atoms. The van der Waals surface area contributed by atoms with Crippen LogP contribution in [0.2, 0.25) is 0 Å². The van der Waals surface area contributed by atoms with Crippen LogP contribution in [0.4, 0.5) is 4.79 Å². The third-order valence-electron chi connectivity index (χ3n) is 10.6. The number of aliphatic hydroxyl groups is 1. The van der Waals surface area contributed by atoms with Crippen LogP contribution in [0.1, 0.15) is 68.3 Å². The van der Waals surface area contributed by atoms with Crippen LogP contribution in [-0.2, 0) is 34.3 Å². The van der Waals surface area contributed by atoms with E-state index < -0.39 is 28.2 Å². The molecule has 3 aromatic rings. The van der Waals surface area contributed by atoms with Crippen molar-refractivity contribution in [3.8, 4) is 0 Å². The van der Waals surface area contributed by atoms with Gasteiger partial charge in [-0.3, -0.25) is 9.78 Å². The highest BCUT2D eigenvalue weighted by Crippen LogP contribution is 2.29. The second-order valence-corrected chi connectivity index (χ2v) is 16.2. The number of nitroso groups, excluding NO2 is 1. The van der Waals surface area contributed by atoms with E-state index in [1.54, 1.807) is 28.1 Å². The summed E-state index contributed by atoms with van der Waals surface area (Å²) in [6, 6.07) is 17.5. The van der Waals surface area contributed by atoms with Crippen LogP contribution in [0, 0.1) is 23.7 Å². The van der Waals surface area contributed by atoms with E-state index in [1.807, 2.05) is 63.2 Å². The Morgan fingerprint density at radius 2 is 1.75 bits per heavy atom. The Labute approximate surface area is 307 Å². The Hall–Kier alpha value is -4.20. The smallest absolute Gasteiger partial charge is 0.321 e. The molecular formula is C39H52N6O6S. The van der Waals surface area contributed by atoms with Crippen molar-refractivity contribution < 1.29 is 23.1 Å². The van der Waals surface area contributed by atoms with Crippen molar-refractivity contribution in [2.75, 3.05) is 26.2 Å². The molecule has 1 saturated carbocycles. The van der Waals surface area contributed by atoms with E-state index in [2.05, 4.69) is 15.5 Å². The Balaban J connectivity index is 1.39. The summed E-state index contributed by atoms with van der Waals surface area (Å²) in [5.41, 5.74) is 3.26. The molecule has 280 valence electrons. The highest BCUT2D eigenvalue weighted by molar-refractivity contribution is 7.89. The zero-order chi connectivity index (χ0) is 37.3. The lowest BCUT2D eigenvalue weighted by Crippen LogP contribution is -2.57. The van der Waals surface area contributed by atoms with Gasteiger partial charge in [-0.2, -0.15) is 9.21 Å². The average Bonchev–Trinajstić information content (AvgIpc) is 3.79. The Kier molecular flexibility index (Phi) is 13.5. The Morgan fingerprint density at radius 1 is 1.04 bits per heavy atom. The lowest BCUT2D eigenvalue weighted by molar-refractivity contribution is -0.128. The molecule has 1 aliphatic heterocycles. The first-order valence-corrected chi connectivity index (χ1v) is 19.8. The van der Waals surface area contributed by atoms with Crippen molar-refractivity contribution in [1.82, 2.24) is 24.4 Å². The number of aromatic nitrogens is 1. The van der Waals surface area contributed by atoms with Gasteiger partial charge >= 0.3 is 6.03 Å². The summed E-state index contributed by atoms with van der Waals surface area (Å²) < 4.78 is 29.6. The number of rotatable bonds is 18. The molecule has 13 heteroatoms. The summed E-state index contributed by atoms with van der Waals surface area (Å²) in [4.78, 5) is 46.7. The van der Waals surface area contributed by atoms with E-state index in [-0.39, 0.29) is 54.7 Å². The van der Waals surface area contributed by atoms with E-state index >= 15 is 0 Å². The van der Waals surface area contributed by atoms with E-state index in [9.17, 15) is 28.0 Å². The number of aryl methyl sites for hydroxylation is 1. The number of benzene rings is 2. The first-order valence-electron chi connectivity index (χ1n) is 18.4. The van der Waals surface area contributed by atoms with Crippen LogP contribution < -0.4 is 5.32 Å². The third-order valence-corrected chi connectivity index (χ3v) is 12.5. The summed E-state index contributed by atoms with van der Waals surface area (Å²) in [7, 11) is -4.05. The predicted octanol–water partition coefficient (Wildman–Crippen LogP) is 5.28. The molecule has 5 rings (SSSR count). The van der Waals surface area contributed by atoms with Gasteiger partial charge in [0.05, 0.1) is 17.0 Å². The van der Waals surface area contributed by atoms with Gasteiger partial charge in [-0.25, -0.2) is 13.2 Å². The van der Waals surface area contributed by atoms with E-state index in [4.69, 9.17) is 0 Å². The molecule has 0 bridgehead atoms. The van der Waals surface area contributed by atoms with Gasteiger partial charge in [0.1, 0.15) is 12.6 Å². The maximum atomic E-state index is 14.4. The zero-order valence-corrected chi connectivity index (χ0v) is 31.2. The SMILES string of the molecule is CC[C@H](C)[C@@H](C(=O)N[C@@H](Cc1ccccc1)[C@H](O)CN(CC1CCCC1)S(=O)(=O)c1ccc(CN=O)cc1)N1CCN(Cc2cccnc2C)C1=O. The quantitative estimate of drug-likeness (QED) is 0.169. The number of hydrogen-bond acceptors (Lipinski definition) is 8. The molecule has 0 radical (unpaired) electrons. The van der Waals surface area contributed by atoms with Crippen LogP contribution in [0.5, 0.6) is 0 Å². The number of carbonyl (C=O) groups is 2. The molecule has 1 saturated heterocycles. The second-order valence-electron chi connectivity index (χ2n) is 14.3. The predicted molar refractivity (Wildman–Crippen MR) is 199 cm³/mol. The molecule has 1 aliphatic carbocycles. The lowest BCUT2D eigenvalue weighted by atomic mass is 9.95. The zero-order valence-electron chi connectivity index (χ0n) is 30.4. The number of sulfonamides is 1. The molecule has 52 heavy (non-hydrogen) atoms. The molecule has 2 aromatic carbocycles. The standard InChI is InChI=1S/C39H52N6O6S/c1-4-28(2)37(45-22-21-43(39(45)48)26-33-15-10-20-40-29(33)3)38(47)42-35(23-30-11-6-5-7-12-30)36(46)27-44(25-32-13-8-9-14-32)52(50,51)34-18-16-31(17-19-34)24-41-49/h5-7,10-12,15-20,28,32,35-37,46H,4,8-9,13-14,21-27H2,1-3H3,(H,42,47)/t28-,35-,36+,37-/m0/s1. The summed E-state index contributed by atoms with van der Waals surface area (Å²) in [6.45, 7) is 7.01. The van der Waals surface area contributed by atoms with Crippen LogP contribution in [0.3, 0.4) is 0 Å². The number of carbonyl (C=O) groups excluding carboxylic acids is 2. The maximum Gasteiger partial charge on any atom is 0.321 e. The van der Waals surface area contributed by atoms with Gasteiger partial charge < -0.3 is 20.2 Å². The molecule has 12 nitrogen and oxygen atoms in total. The summed E-state index contributed by atoms with van der Waals surface area (Å²) in [6.07, 6.45) is 5.18. The minimum atomic E-state index is -4.05.